The average Bonchev–Trinajstić information content (AvgIpc) is 3.93. The summed E-state index contributed by atoms with van der Waals surface area (Å²) in [6, 6.07) is 70.3. The molecule has 262 valence electrons. The first-order valence-electron chi connectivity index (χ1n) is 19.0. The summed E-state index contributed by atoms with van der Waals surface area (Å²) < 4.78 is 11.5. The van der Waals surface area contributed by atoms with E-state index in [1.54, 1.807) is 0 Å². The molecule has 4 heteroatoms. The van der Waals surface area contributed by atoms with Crippen LogP contribution in [0.5, 0.6) is 0 Å². The van der Waals surface area contributed by atoms with Crippen LogP contribution in [0.3, 0.4) is 0 Å². The second-order valence-corrected chi connectivity index (χ2v) is 15.6. The predicted molar refractivity (Wildman–Crippen MR) is 239 cm³/mol. The van der Waals surface area contributed by atoms with Crippen LogP contribution in [0.25, 0.3) is 91.5 Å². The van der Waals surface area contributed by atoms with Crippen molar-refractivity contribution in [2.45, 2.75) is 0 Å². The molecule has 0 bridgehead atoms. The van der Waals surface area contributed by atoms with Crippen LogP contribution < -0.4 is 4.90 Å². The van der Waals surface area contributed by atoms with Crippen molar-refractivity contribution >= 4 is 103 Å². The topological polar surface area (TPSA) is 21.3 Å². The lowest BCUT2D eigenvalue weighted by Crippen LogP contribution is -2.10. The summed E-state index contributed by atoms with van der Waals surface area (Å²) in [5.74, 6) is 0. The quantitative estimate of drug-likeness (QED) is 0.176. The molecule has 0 aliphatic heterocycles. The Bertz CT molecular complexity index is 3500. The lowest BCUT2D eigenvalue weighted by Gasteiger charge is -2.27. The van der Waals surface area contributed by atoms with Gasteiger partial charge in [-0.15, -0.1) is 11.3 Å². The van der Waals surface area contributed by atoms with Crippen LogP contribution in [-0.4, -0.2) is 4.57 Å². The van der Waals surface area contributed by atoms with E-state index in [1.165, 1.54) is 58.4 Å². The Morgan fingerprint density at radius 1 is 0.411 bits per heavy atom. The fourth-order valence-corrected chi connectivity index (χ4v) is 9.93. The molecule has 0 aliphatic rings. The second kappa shape index (κ2) is 12.2. The molecule has 0 radical (unpaired) electrons. The number of thiophene rings is 1. The molecule has 0 N–H and O–H groups in total. The highest BCUT2D eigenvalue weighted by molar-refractivity contribution is 7.25. The maximum absolute atomic E-state index is 6.44. The number of aromatic nitrogens is 1. The van der Waals surface area contributed by atoms with Gasteiger partial charge in [-0.25, -0.2) is 0 Å². The van der Waals surface area contributed by atoms with Crippen molar-refractivity contribution in [1.29, 1.82) is 0 Å². The summed E-state index contributed by atoms with van der Waals surface area (Å²) >= 11 is 1.86. The summed E-state index contributed by atoms with van der Waals surface area (Å²) in [6.45, 7) is 0. The SMILES string of the molecule is c1ccc(-n2c3ccccc3c3ccc(N(c4ccc5cc(-c6ccc7c(c6)sc6ccccc67)ccc5c4)c4cccc5oc6ccccc6c45)cc32)cc1. The number of nitrogens with zero attached hydrogens (tertiary/aromatic N) is 2. The molecule has 0 atom stereocenters. The van der Waals surface area contributed by atoms with Crippen LogP contribution in [0.4, 0.5) is 17.1 Å². The number of hydrogen-bond acceptors (Lipinski definition) is 3. The fraction of sp³-hybridized carbons (Fsp3) is 0. The molecule has 0 spiro atoms. The van der Waals surface area contributed by atoms with Gasteiger partial charge in [0.1, 0.15) is 11.2 Å². The second-order valence-electron chi connectivity index (χ2n) is 14.5. The van der Waals surface area contributed by atoms with Crippen molar-refractivity contribution in [1.82, 2.24) is 4.57 Å². The number of rotatable bonds is 5. The Labute approximate surface area is 326 Å². The van der Waals surface area contributed by atoms with E-state index in [-0.39, 0.29) is 0 Å². The molecule has 0 unspecified atom stereocenters. The van der Waals surface area contributed by atoms with Crippen LogP contribution >= 0.6 is 11.3 Å². The van der Waals surface area contributed by atoms with Gasteiger partial charge in [0, 0.05) is 53.4 Å². The molecule has 56 heavy (non-hydrogen) atoms. The maximum Gasteiger partial charge on any atom is 0.137 e. The number of para-hydroxylation sites is 3. The average molecular weight is 733 g/mol. The maximum atomic E-state index is 6.44. The largest absolute Gasteiger partial charge is 0.456 e. The van der Waals surface area contributed by atoms with Crippen molar-refractivity contribution in [2.75, 3.05) is 4.90 Å². The van der Waals surface area contributed by atoms with E-state index in [0.717, 1.165) is 50.2 Å². The lowest BCUT2D eigenvalue weighted by molar-refractivity contribution is 0.669. The van der Waals surface area contributed by atoms with Gasteiger partial charge in [0.25, 0.3) is 0 Å². The molecule has 12 aromatic rings. The van der Waals surface area contributed by atoms with E-state index in [1.807, 2.05) is 17.4 Å². The third kappa shape index (κ3) is 4.76. The van der Waals surface area contributed by atoms with Crippen molar-refractivity contribution in [3.63, 3.8) is 0 Å². The van der Waals surface area contributed by atoms with E-state index < -0.39 is 0 Å². The minimum absolute atomic E-state index is 0.870. The smallest absolute Gasteiger partial charge is 0.137 e. The molecular weight excluding hydrogens is 701 g/mol. The fourth-order valence-electron chi connectivity index (χ4n) is 8.78. The summed E-state index contributed by atoms with van der Waals surface area (Å²) in [4.78, 5) is 2.40. The molecule has 3 heterocycles. The van der Waals surface area contributed by atoms with Gasteiger partial charge in [0.2, 0.25) is 0 Å². The number of furan rings is 1. The third-order valence-electron chi connectivity index (χ3n) is 11.3. The molecule has 0 aliphatic carbocycles. The predicted octanol–water partition coefficient (Wildman–Crippen LogP) is 15.3. The zero-order valence-corrected chi connectivity index (χ0v) is 31.0. The Morgan fingerprint density at radius 3 is 1.98 bits per heavy atom. The Kier molecular flexibility index (Phi) is 6.80. The molecule has 0 fully saturated rings. The van der Waals surface area contributed by atoms with E-state index in [4.69, 9.17) is 4.42 Å². The van der Waals surface area contributed by atoms with Gasteiger partial charge in [0.05, 0.1) is 22.1 Å². The zero-order chi connectivity index (χ0) is 36.7. The molecule has 9 aromatic carbocycles. The van der Waals surface area contributed by atoms with Crippen LogP contribution in [0.1, 0.15) is 0 Å². The van der Waals surface area contributed by atoms with E-state index in [2.05, 4.69) is 198 Å². The third-order valence-corrected chi connectivity index (χ3v) is 12.5. The van der Waals surface area contributed by atoms with Crippen LogP contribution in [0.2, 0.25) is 0 Å². The monoisotopic (exact) mass is 732 g/mol. The Morgan fingerprint density at radius 2 is 1.05 bits per heavy atom. The van der Waals surface area contributed by atoms with Gasteiger partial charge < -0.3 is 13.9 Å². The molecule has 3 aromatic heterocycles. The first kappa shape index (κ1) is 31.2. The van der Waals surface area contributed by atoms with Crippen molar-refractivity contribution in [3.05, 3.63) is 194 Å². The first-order chi connectivity index (χ1) is 27.7. The molecule has 0 saturated heterocycles. The summed E-state index contributed by atoms with van der Waals surface area (Å²) in [5.41, 5.74) is 10.9. The minimum atomic E-state index is 0.870. The highest BCUT2D eigenvalue weighted by atomic mass is 32.1. The molecule has 0 amide bonds. The van der Waals surface area contributed by atoms with Gasteiger partial charge in [-0.1, -0.05) is 115 Å². The number of benzene rings is 9. The van der Waals surface area contributed by atoms with Gasteiger partial charge >= 0.3 is 0 Å². The molecule has 12 rings (SSSR count). The van der Waals surface area contributed by atoms with Crippen LogP contribution in [0, 0.1) is 0 Å². The van der Waals surface area contributed by atoms with Gasteiger partial charge in [-0.3, -0.25) is 0 Å². The van der Waals surface area contributed by atoms with E-state index >= 15 is 0 Å². The van der Waals surface area contributed by atoms with Crippen LogP contribution in [0.15, 0.2) is 199 Å². The van der Waals surface area contributed by atoms with E-state index in [9.17, 15) is 0 Å². The van der Waals surface area contributed by atoms with Crippen LogP contribution in [-0.2, 0) is 0 Å². The first-order valence-corrected chi connectivity index (χ1v) is 19.8. The standard InChI is InChI=1S/C52H32N2OS/c1-2-11-37(12-3-1)54-45-16-7-4-13-40(45)41-28-26-39(32-47(41)54)53(46-17-10-19-49-52(46)44-15-5-8-18-48(44)55-49)38-25-23-34-29-33(21-22-35(34)30-38)36-24-27-43-42-14-6-9-20-50(42)56-51(43)31-36/h1-32H. The summed E-state index contributed by atoms with van der Waals surface area (Å²) in [7, 11) is 0. The normalized spacial score (nSPS) is 11.9. The summed E-state index contributed by atoms with van der Waals surface area (Å²) in [6.07, 6.45) is 0. The van der Waals surface area contributed by atoms with Gasteiger partial charge in [0.15, 0.2) is 0 Å². The Hall–Kier alpha value is -7.14. The number of fused-ring (bicyclic) bond motifs is 10. The van der Waals surface area contributed by atoms with E-state index in [0.29, 0.717) is 0 Å². The van der Waals surface area contributed by atoms with Crippen molar-refractivity contribution < 1.29 is 4.42 Å². The minimum Gasteiger partial charge on any atom is -0.456 e. The summed E-state index contributed by atoms with van der Waals surface area (Å²) in [5, 5.41) is 9.69. The van der Waals surface area contributed by atoms with Crippen molar-refractivity contribution in [2.24, 2.45) is 0 Å². The van der Waals surface area contributed by atoms with Gasteiger partial charge in [-0.2, -0.15) is 0 Å². The van der Waals surface area contributed by atoms with Gasteiger partial charge in [-0.05, 0) is 101 Å². The highest BCUT2D eigenvalue weighted by Crippen LogP contribution is 2.45. The Balaban J connectivity index is 1.05. The molecule has 0 saturated carbocycles. The van der Waals surface area contributed by atoms with Crippen molar-refractivity contribution in [3.8, 4) is 16.8 Å². The number of anilines is 3. The highest BCUT2D eigenvalue weighted by Gasteiger charge is 2.22. The lowest BCUT2D eigenvalue weighted by atomic mass is 9.99. The zero-order valence-electron chi connectivity index (χ0n) is 30.2. The molecule has 3 nitrogen and oxygen atoms in total. The molecular formula is C52H32N2OS. The number of hydrogen-bond donors (Lipinski definition) is 0.